The highest BCUT2D eigenvalue weighted by Gasteiger charge is 2.35. The van der Waals surface area contributed by atoms with Gasteiger partial charge in [-0.2, -0.15) is 0 Å². The largest absolute Gasteiger partial charge is 0.392 e. The van der Waals surface area contributed by atoms with E-state index in [9.17, 15) is 9.90 Å². The summed E-state index contributed by atoms with van der Waals surface area (Å²) in [6.45, 7) is 5.81. The molecule has 0 aromatic heterocycles. The van der Waals surface area contributed by atoms with Crippen molar-refractivity contribution in [1.29, 1.82) is 0 Å². The van der Waals surface area contributed by atoms with Gasteiger partial charge < -0.3 is 5.11 Å². The van der Waals surface area contributed by atoms with E-state index >= 15 is 0 Å². The zero-order chi connectivity index (χ0) is 9.35. The molecule has 2 heteroatoms. The second-order valence-corrected chi connectivity index (χ2v) is 4.09. The number of hydrogen-bond acceptors (Lipinski definition) is 2. The highest BCUT2D eigenvalue weighted by molar-refractivity contribution is 5.77. The van der Waals surface area contributed by atoms with Gasteiger partial charge in [0.2, 0.25) is 0 Å². The van der Waals surface area contributed by atoms with E-state index in [0.29, 0.717) is 0 Å². The number of carbonyl (C=O) groups is 1. The van der Waals surface area contributed by atoms with Crippen LogP contribution >= 0.6 is 0 Å². The van der Waals surface area contributed by atoms with E-state index in [1.165, 1.54) is 0 Å². The van der Waals surface area contributed by atoms with Gasteiger partial charge in [0, 0.05) is 5.41 Å². The molecule has 0 aliphatic heterocycles. The minimum atomic E-state index is -0.374. The highest BCUT2D eigenvalue weighted by Crippen LogP contribution is 2.38. The molecule has 1 atom stereocenters. The molecule has 1 aliphatic carbocycles. The van der Waals surface area contributed by atoms with Crippen LogP contribution in [0.25, 0.3) is 0 Å². The topological polar surface area (TPSA) is 37.3 Å². The second kappa shape index (κ2) is 3.02. The number of rotatable bonds is 1. The summed E-state index contributed by atoms with van der Waals surface area (Å²) in [6.07, 6.45) is 2.13. The molecule has 1 N–H and O–H groups in total. The molecule has 0 saturated heterocycles. The molecule has 0 spiro atoms. The molecule has 1 aliphatic rings. The molecular formula is C10H16O2. The molecule has 0 heterocycles. The van der Waals surface area contributed by atoms with Crippen LogP contribution in [-0.2, 0) is 4.79 Å². The first-order valence-corrected chi connectivity index (χ1v) is 4.33. The lowest BCUT2D eigenvalue weighted by atomic mass is 9.71. The molecule has 68 valence electrons. The van der Waals surface area contributed by atoms with Gasteiger partial charge in [0.05, 0.1) is 6.10 Å². The Labute approximate surface area is 73.3 Å². The van der Waals surface area contributed by atoms with E-state index in [2.05, 4.69) is 0 Å². The molecular weight excluding hydrogens is 152 g/mol. The van der Waals surface area contributed by atoms with Gasteiger partial charge in [-0.05, 0) is 25.3 Å². The van der Waals surface area contributed by atoms with Gasteiger partial charge in [-0.25, -0.2) is 0 Å². The van der Waals surface area contributed by atoms with Crippen molar-refractivity contribution in [3.05, 3.63) is 11.1 Å². The Morgan fingerprint density at radius 3 is 2.58 bits per heavy atom. The normalized spacial score (nSPS) is 28.8. The van der Waals surface area contributed by atoms with Crippen LogP contribution in [0.15, 0.2) is 11.1 Å². The first kappa shape index (κ1) is 9.46. The summed E-state index contributed by atoms with van der Waals surface area (Å²) in [7, 11) is 0. The molecule has 0 bridgehead atoms. The Hall–Kier alpha value is -0.630. The molecule has 0 aromatic rings. The van der Waals surface area contributed by atoms with Crippen LogP contribution in [0.4, 0.5) is 0 Å². The highest BCUT2D eigenvalue weighted by atomic mass is 16.3. The van der Waals surface area contributed by atoms with Crippen molar-refractivity contribution in [2.75, 3.05) is 0 Å². The molecule has 0 amide bonds. The maximum atomic E-state index is 10.8. The zero-order valence-corrected chi connectivity index (χ0v) is 7.92. The van der Waals surface area contributed by atoms with Crippen molar-refractivity contribution in [1.82, 2.24) is 0 Å². The van der Waals surface area contributed by atoms with Gasteiger partial charge in [0.1, 0.15) is 6.29 Å². The molecule has 2 nitrogen and oxygen atoms in total. The van der Waals surface area contributed by atoms with E-state index in [-0.39, 0.29) is 11.5 Å². The van der Waals surface area contributed by atoms with E-state index in [1.807, 2.05) is 20.8 Å². The minimum Gasteiger partial charge on any atom is -0.392 e. The fourth-order valence-electron chi connectivity index (χ4n) is 1.83. The van der Waals surface area contributed by atoms with Gasteiger partial charge in [-0.1, -0.05) is 19.4 Å². The lowest BCUT2D eigenvalue weighted by Crippen LogP contribution is -2.35. The monoisotopic (exact) mass is 168 g/mol. The predicted octanol–water partition coefficient (Wildman–Crippen LogP) is 1.68. The summed E-state index contributed by atoms with van der Waals surface area (Å²) < 4.78 is 0. The standard InChI is InChI=1S/C10H16O2/c1-7-4-5-9(12)10(2,3)8(7)6-11/h6,9,12H,4-5H2,1-3H3. The maximum absolute atomic E-state index is 10.8. The van der Waals surface area contributed by atoms with Crippen molar-refractivity contribution >= 4 is 6.29 Å². The van der Waals surface area contributed by atoms with Gasteiger partial charge >= 0.3 is 0 Å². The second-order valence-electron chi connectivity index (χ2n) is 4.09. The van der Waals surface area contributed by atoms with Crippen LogP contribution in [0.2, 0.25) is 0 Å². The number of allylic oxidation sites excluding steroid dienone is 1. The van der Waals surface area contributed by atoms with Gasteiger partial charge in [0.25, 0.3) is 0 Å². The third kappa shape index (κ3) is 1.31. The van der Waals surface area contributed by atoms with Crippen LogP contribution in [0.3, 0.4) is 0 Å². The third-order valence-corrected chi connectivity index (χ3v) is 2.90. The summed E-state index contributed by atoms with van der Waals surface area (Å²) in [5.41, 5.74) is 1.55. The Balaban J connectivity index is 3.09. The summed E-state index contributed by atoms with van der Waals surface area (Å²) in [5, 5.41) is 9.66. The SMILES string of the molecule is CC1=C(C=O)C(C)(C)C(O)CC1. The molecule has 0 saturated carbocycles. The van der Waals surface area contributed by atoms with Crippen molar-refractivity contribution in [3.63, 3.8) is 0 Å². The maximum Gasteiger partial charge on any atom is 0.146 e. The molecule has 0 aromatic carbocycles. The van der Waals surface area contributed by atoms with Crippen molar-refractivity contribution in [3.8, 4) is 0 Å². The van der Waals surface area contributed by atoms with E-state index in [4.69, 9.17) is 0 Å². The van der Waals surface area contributed by atoms with Crippen LogP contribution in [-0.4, -0.2) is 17.5 Å². The molecule has 1 unspecified atom stereocenters. The number of hydrogen-bond donors (Lipinski definition) is 1. The minimum absolute atomic E-state index is 0.357. The van der Waals surface area contributed by atoms with Gasteiger partial charge in [-0.15, -0.1) is 0 Å². The number of carbonyl (C=O) groups excluding carboxylic acids is 1. The lowest BCUT2D eigenvalue weighted by Gasteiger charge is -2.36. The predicted molar refractivity (Wildman–Crippen MR) is 47.8 cm³/mol. The van der Waals surface area contributed by atoms with Crippen molar-refractivity contribution in [2.45, 2.75) is 39.7 Å². The Kier molecular flexibility index (Phi) is 2.38. The van der Waals surface area contributed by atoms with Crippen molar-refractivity contribution < 1.29 is 9.90 Å². The van der Waals surface area contributed by atoms with Crippen LogP contribution in [0, 0.1) is 5.41 Å². The van der Waals surface area contributed by atoms with E-state index < -0.39 is 0 Å². The number of aliphatic hydroxyl groups excluding tert-OH is 1. The van der Waals surface area contributed by atoms with Gasteiger partial charge in [0.15, 0.2) is 0 Å². The van der Waals surface area contributed by atoms with Crippen LogP contribution in [0.1, 0.15) is 33.6 Å². The van der Waals surface area contributed by atoms with E-state index in [0.717, 1.165) is 30.3 Å². The van der Waals surface area contributed by atoms with Crippen LogP contribution in [0.5, 0.6) is 0 Å². The number of aldehydes is 1. The first-order valence-electron chi connectivity index (χ1n) is 4.33. The van der Waals surface area contributed by atoms with Gasteiger partial charge in [-0.3, -0.25) is 4.79 Å². The summed E-state index contributed by atoms with van der Waals surface area (Å²) >= 11 is 0. The summed E-state index contributed by atoms with van der Waals surface area (Å²) in [5.74, 6) is 0. The Morgan fingerprint density at radius 1 is 1.58 bits per heavy atom. The quantitative estimate of drug-likeness (QED) is 0.605. The first-order chi connectivity index (χ1) is 5.50. The molecule has 0 fully saturated rings. The smallest absolute Gasteiger partial charge is 0.146 e. The zero-order valence-electron chi connectivity index (χ0n) is 7.92. The number of aliphatic hydroxyl groups is 1. The Bertz CT molecular complexity index is 226. The summed E-state index contributed by atoms with van der Waals surface area (Å²) in [6, 6.07) is 0. The van der Waals surface area contributed by atoms with Crippen molar-refractivity contribution in [2.24, 2.45) is 5.41 Å². The lowest BCUT2D eigenvalue weighted by molar-refractivity contribution is -0.106. The molecule has 1 rings (SSSR count). The molecule has 12 heavy (non-hydrogen) atoms. The third-order valence-electron chi connectivity index (χ3n) is 2.90. The summed E-state index contributed by atoms with van der Waals surface area (Å²) in [4.78, 5) is 10.8. The fourth-order valence-corrected chi connectivity index (χ4v) is 1.83. The van der Waals surface area contributed by atoms with Crippen LogP contribution < -0.4 is 0 Å². The average molecular weight is 168 g/mol. The molecule has 0 radical (unpaired) electrons. The Morgan fingerprint density at radius 2 is 2.17 bits per heavy atom. The fraction of sp³-hybridized carbons (Fsp3) is 0.700. The average Bonchev–Trinajstić information content (AvgIpc) is 1.98. The van der Waals surface area contributed by atoms with E-state index in [1.54, 1.807) is 0 Å².